The minimum Gasteiger partial charge on any atom is -0.460 e. The predicted octanol–water partition coefficient (Wildman–Crippen LogP) is 2.60. The van der Waals surface area contributed by atoms with Crippen LogP contribution in [0.3, 0.4) is 0 Å². The van der Waals surface area contributed by atoms with Gasteiger partial charge in [0.25, 0.3) is 0 Å². The van der Waals surface area contributed by atoms with E-state index in [0.29, 0.717) is 36.6 Å². The van der Waals surface area contributed by atoms with Crippen LogP contribution in [-0.2, 0) is 26.2 Å². The van der Waals surface area contributed by atoms with Crippen molar-refractivity contribution in [3.05, 3.63) is 41.0 Å². The van der Waals surface area contributed by atoms with Crippen molar-refractivity contribution in [3.8, 4) is 0 Å². The Morgan fingerprint density at radius 1 is 1.32 bits per heavy atom. The number of ether oxygens (including phenoxy) is 1. The second kappa shape index (κ2) is 7.27. The number of sulfonamides is 1. The molecule has 1 aromatic heterocycles. The third kappa shape index (κ3) is 4.29. The number of benzene rings is 1. The monoisotopic (exact) mass is 382 g/mol. The Balaban J connectivity index is 1.61. The summed E-state index contributed by atoms with van der Waals surface area (Å²) in [4.78, 5) is 16.6. The van der Waals surface area contributed by atoms with E-state index in [-0.39, 0.29) is 18.5 Å². The Hall–Kier alpha value is -1.70. The van der Waals surface area contributed by atoms with Crippen LogP contribution in [0.1, 0.15) is 18.4 Å². The van der Waals surface area contributed by atoms with Crippen molar-refractivity contribution >= 4 is 38.5 Å². The number of esters is 1. The van der Waals surface area contributed by atoms with E-state index in [2.05, 4.69) is 4.98 Å². The molecule has 0 N–H and O–H groups in total. The number of hydrogen-bond donors (Lipinski definition) is 0. The highest BCUT2D eigenvalue weighted by Gasteiger charge is 2.29. The molecular weight excluding hydrogens is 364 g/mol. The molecule has 2 heterocycles. The van der Waals surface area contributed by atoms with Gasteiger partial charge in [-0.2, -0.15) is 0 Å². The second-order valence-electron chi connectivity index (χ2n) is 6.18. The maximum Gasteiger partial charge on any atom is 0.309 e. The van der Waals surface area contributed by atoms with E-state index in [0.717, 1.165) is 10.9 Å². The summed E-state index contributed by atoms with van der Waals surface area (Å²) in [5.41, 5.74) is 1.44. The lowest BCUT2D eigenvalue weighted by Gasteiger charge is -2.28. The molecule has 0 atom stereocenters. The molecule has 25 heavy (non-hydrogen) atoms. The molecule has 0 amide bonds. The van der Waals surface area contributed by atoms with Crippen molar-refractivity contribution in [2.24, 2.45) is 5.92 Å². The molecule has 0 unspecified atom stereocenters. The summed E-state index contributed by atoms with van der Waals surface area (Å²) in [6, 6.07) is 9.44. The van der Waals surface area contributed by atoms with Crippen molar-refractivity contribution in [1.82, 2.24) is 9.29 Å². The lowest BCUT2D eigenvalue weighted by atomic mass is 9.98. The highest BCUT2D eigenvalue weighted by Crippen LogP contribution is 2.24. The number of aromatic nitrogens is 1. The third-order valence-corrected chi connectivity index (χ3v) is 6.01. The van der Waals surface area contributed by atoms with Gasteiger partial charge in [-0.25, -0.2) is 17.7 Å². The minimum atomic E-state index is -3.20. The molecule has 2 aromatic rings. The number of pyridine rings is 1. The van der Waals surface area contributed by atoms with Crippen LogP contribution in [0.4, 0.5) is 0 Å². The molecule has 1 aliphatic heterocycles. The molecule has 1 saturated heterocycles. The van der Waals surface area contributed by atoms with Crippen molar-refractivity contribution < 1.29 is 17.9 Å². The molecule has 1 fully saturated rings. The maximum atomic E-state index is 12.2. The number of rotatable bonds is 4. The first-order chi connectivity index (χ1) is 11.8. The number of nitrogens with zero attached hydrogens (tertiary/aromatic N) is 2. The first kappa shape index (κ1) is 18.1. The molecule has 8 heteroatoms. The largest absolute Gasteiger partial charge is 0.460 e. The van der Waals surface area contributed by atoms with Gasteiger partial charge in [0.05, 0.1) is 17.7 Å². The predicted molar refractivity (Wildman–Crippen MR) is 95.7 cm³/mol. The lowest BCUT2D eigenvalue weighted by molar-refractivity contribution is -0.151. The number of para-hydroxylation sites is 1. The van der Waals surface area contributed by atoms with Gasteiger partial charge in [-0.05, 0) is 25.0 Å². The molecule has 6 nitrogen and oxygen atoms in total. The van der Waals surface area contributed by atoms with Crippen LogP contribution >= 0.6 is 11.6 Å². The summed E-state index contributed by atoms with van der Waals surface area (Å²) >= 11 is 6.17. The summed E-state index contributed by atoms with van der Waals surface area (Å²) in [5, 5.41) is 1.25. The quantitative estimate of drug-likeness (QED) is 0.600. The lowest BCUT2D eigenvalue weighted by Crippen LogP contribution is -2.40. The highest BCUT2D eigenvalue weighted by atomic mass is 35.5. The van der Waals surface area contributed by atoms with Crippen LogP contribution in [0.2, 0.25) is 5.15 Å². The van der Waals surface area contributed by atoms with Crippen molar-refractivity contribution in [3.63, 3.8) is 0 Å². The van der Waals surface area contributed by atoms with Gasteiger partial charge in [-0.3, -0.25) is 4.79 Å². The standard InChI is InChI=1S/C17H19ClN2O4S/c1-25(22,23)20-8-6-12(7-9-20)17(21)24-11-14-10-13-4-2-3-5-15(13)19-16(14)18/h2-5,10,12H,6-9,11H2,1H3. The minimum absolute atomic E-state index is 0.0573. The van der Waals surface area contributed by atoms with Crippen LogP contribution in [0.15, 0.2) is 30.3 Å². The highest BCUT2D eigenvalue weighted by molar-refractivity contribution is 7.88. The van der Waals surface area contributed by atoms with E-state index in [1.165, 1.54) is 10.6 Å². The molecule has 0 aliphatic carbocycles. The Morgan fingerprint density at radius 3 is 2.68 bits per heavy atom. The molecule has 0 radical (unpaired) electrons. The Kier molecular flexibility index (Phi) is 5.27. The fourth-order valence-electron chi connectivity index (χ4n) is 2.93. The first-order valence-corrected chi connectivity index (χ1v) is 10.2. The molecular formula is C17H19ClN2O4S. The van der Waals surface area contributed by atoms with Gasteiger partial charge in [-0.1, -0.05) is 29.8 Å². The number of hydrogen-bond acceptors (Lipinski definition) is 5. The molecule has 1 aliphatic rings. The van der Waals surface area contributed by atoms with Gasteiger partial charge in [0.1, 0.15) is 11.8 Å². The molecule has 1 aromatic carbocycles. The van der Waals surface area contributed by atoms with Gasteiger partial charge in [-0.15, -0.1) is 0 Å². The smallest absolute Gasteiger partial charge is 0.309 e. The van der Waals surface area contributed by atoms with Gasteiger partial charge in [0, 0.05) is 24.0 Å². The SMILES string of the molecule is CS(=O)(=O)N1CCC(C(=O)OCc2cc3ccccc3nc2Cl)CC1. The summed E-state index contributed by atoms with van der Waals surface area (Å²) < 4.78 is 29.8. The average Bonchev–Trinajstić information content (AvgIpc) is 2.59. The fraction of sp³-hybridized carbons (Fsp3) is 0.412. The average molecular weight is 383 g/mol. The molecule has 134 valence electrons. The number of piperidine rings is 1. The second-order valence-corrected chi connectivity index (χ2v) is 8.52. The molecule has 0 bridgehead atoms. The number of fused-ring (bicyclic) bond motifs is 1. The van der Waals surface area contributed by atoms with Gasteiger partial charge < -0.3 is 4.74 Å². The Bertz CT molecular complexity index is 893. The van der Waals surface area contributed by atoms with E-state index in [1.807, 2.05) is 30.3 Å². The van der Waals surface area contributed by atoms with E-state index in [9.17, 15) is 13.2 Å². The molecule has 3 rings (SSSR count). The topological polar surface area (TPSA) is 76.6 Å². The summed E-state index contributed by atoms with van der Waals surface area (Å²) in [5.74, 6) is -0.609. The maximum absolute atomic E-state index is 12.2. The summed E-state index contributed by atoms with van der Waals surface area (Å²) in [7, 11) is -3.20. The van der Waals surface area contributed by atoms with Gasteiger partial charge in [0.2, 0.25) is 10.0 Å². The van der Waals surface area contributed by atoms with Gasteiger partial charge in [0.15, 0.2) is 0 Å². The zero-order valence-corrected chi connectivity index (χ0v) is 15.4. The van der Waals surface area contributed by atoms with Crippen molar-refractivity contribution in [1.29, 1.82) is 0 Å². The number of carbonyl (C=O) groups excluding carboxylic acids is 1. The fourth-order valence-corrected chi connectivity index (χ4v) is 4.00. The van der Waals surface area contributed by atoms with Crippen LogP contribution in [0.25, 0.3) is 10.9 Å². The van der Waals surface area contributed by atoms with Crippen LogP contribution in [-0.4, -0.2) is 43.0 Å². The van der Waals surface area contributed by atoms with E-state index >= 15 is 0 Å². The van der Waals surface area contributed by atoms with E-state index in [4.69, 9.17) is 16.3 Å². The Morgan fingerprint density at radius 2 is 2.00 bits per heavy atom. The summed E-state index contributed by atoms with van der Waals surface area (Å²) in [6.07, 6.45) is 2.12. The van der Waals surface area contributed by atoms with Crippen molar-refractivity contribution in [2.75, 3.05) is 19.3 Å². The Labute approximate surface area is 151 Å². The first-order valence-electron chi connectivity index (χ1n) is 8.00. The van der Waals surface area contributed by atoms with Crippen LogP contribution in [0, 0.1) is 5.92 Å². The molecule has 0 saturated carbocycles. The van der Waals surface area contributed by atoms with Crippen molar-refractivity contribution in [2.45, 2.75) is 19.4 Å². The summed E-state index contributed by atoms with van der Waals surface area (Å²) in [6.45, 7) is 0.746. The van der Waals surface area contributed by atoms with E-state index in [1.54, 1.807) is 0 Å². The number of halogens is 1. The zero-order valence-electron chi connectivity index (χ0n) is 13.8. The van der Waals surface area contributed by atoms with E-state index < -0.39 is 10.0 Å². The normalized spacial score (nSPS) is 16.9. The number of carbonyl (C=O) groups is 1. The van der Waals surface area contributed by atoms with Crippen LogP contribution in [0.5, 0.6) is 0 Å². The van der Waals surface area contributed by atoms with Crippen LogP contribution < -0.4 is 0 Å². The van der Waals surface area contributed by atoms with Gasteiger partial charge >= 0.3 is 5.97 Å². The molecule has 0 spiro atoms. The zero-order chi connectivity index (χ0) is 18.0. The third-order valence-electron chi connectivity index (χ3n) is 4.38.